The molecule has 0 atom stereocenters. The molecule has 0 saturated carbocycles. The monoisotopic (exact) mass is 574 g/mol. The van der Waals surface area contributed by atoms with Crippen molar-refractivity contribution in [2.75, 3.05) is 13.2 Å². The first-order valence-electron chi connectivity index (χ1n) is 13.8. The molecule has 3 rings (SSSR count). The van der Waals surface area contributed by atoms with Crippen LogP contribution in [0.1, 0.15) is 107 Å². The van der Waals surface area contributed by atoms with E-state index in [2.05, 4.69) is 0 Å². The summed E-state index contributed by atoms with van der Waals surface area (Å²) in [6.07, 6.45) is 2.56. The second-order valence-electron chi connectivity index (χ2n) is 14.4. The summed E-state index contributed by atoms with van der Waals surface area (Å²) < 4.78 is 4.94. The van der Waals surface area contributed by atoms with E-state index in [4.69, 9.17) is 4.74 Å². The quantitative estimate of drug-likeness (QED) is 0.349. The normalized spacial score (nSPS) is 14.9. The fourth-order valence-corrected chi connectivity index (χ4v) is 5.84. The molecule has 38 heavy (non-hydrogen) atoms. The number of benzene rings is 2. The van der Waals surface area contributed by atoms with Crippen molar-refractivity contribution in [2.24, 2.45) is 21.7 Å². The molecule has 2 aromatic carbocycles. The third-order valence-electron chi connectivity index (χ3n) is 7.41. The standard InChI is InChI=1S/2C15H23O.C4H8O.Zn/c2*1-13(2,3)15(16,14(4,5)6)12-10-8-7-9-11-12;1-2-4-5-3-1;/h2*7-11H,1-6H3;1-4H2;/q2*-1;;+2. The first-order valence-corrected chi connectivity index (χ1v) is 13.8. The van der Waals surface area contributed by atoms with Crippen molar-refractivity contribution < 1.29 is 34.4 Å². The van der Waals surface area contributed by atoms with Crippen molar-refractivity contribution in [3.63, 3.8) is 0 Å². The number of hydrogen-bond donors (Lipinski definition) is 0. The summed E-state index contributed by atoms with van der Waals surface area (Å²) in [6.45, 7) is 26.3. The number of ether oxygens (including phenoxy) is 1. The maximum Gasteiger partial charge on any atom is 2.00 e. The van der Waals surface area contributed by atoms with Crippen molar-refractivity contribution in [3.05, 3.63) is 71.8 Å². The predicted molar refractivity (Wildman–Crippen MR) is 154 cm³/mol. The van der Waals surface area contributed by atoms with E-state index in [9.17, 15) is 10.2 Å². The van der Waals surface area contributed by atoms with Crippen LogP contribution in [0.15, 0.2) is 60.7 Å². The van der Waals surface area contributed by atoms with Crippen LogP contribution in [0.5, 0.6) is 0 Å². The average molecular weight is 576 g/mol. The third-order valence-corrected chi connectivity index (χ3v) is 7.41. The van der Waals surface area contributed by atoms with Crippen LogP contribution in [0.25, 0.3) is 0 Å². The topological polar surface area (TPSA) is 55.3 Å². The molecule has 0 N–H and O–H groups in total. The minimum Gasteiger partial charge on any atom is -0.845 e. The zero-order chi connectivity index (χ0) is 28.8. The molecule has 1 fully saturated rings. The summed E-state index contributed by atoms with van der Waals surface area (Å²) in [5.74, 6) is 0. The molecule has 1 saturated heterocycles. The molecule has 4 heteroatoms. The SMILES string of the molecule is C1CCOC1.CC(C)(C)C([O-])(c1ccccc1)C(C)(C)C.CC(C)(C)C([O-])(c1ccccc1)C(C)(C)C.[Zn+2]. The first-order chi connectivity index (χ1) is 16.7. The maximum atomic E-state index is 13.3. The molecule has 3 nitrogen and oxygen atoms in total. The van der Waals surface area contributed by atoms with Gasteiger partial charge in [-0.15, -0.1) is 0 Å². The van der Waals surface area contributed by atoms with Crippen LogP contribution in [-0.2, 0) is 35.4 Å². The fourth-order valence-electron chi connectivity index (χ4n) is 5.84. The Morgan fingerprint density at radius 3 is 0.868 bits per heavy atom. The molecule has 0 spiro atoms. The van der Waals surface area contributed by atoms with Gasteiger partial charge >= 0.3 is 19.5 Å². The Morgan fingerprint density at radius 1 is 0.474 bits per heavy atom. The maximum absolute atomic E-state index is 13.3. The fraction of sp³-hybridized carbons (Fsp3) is 0.647. The second-order valence-corrected chi connectivity index (χ2v) is 14.4. The van der Waals surface area contributed by atoms with Crippen LogP contribution in [-0.4, -0.2) is 13.2 Å². The molecule has 1 aliphatic heterocycles. The van der Waals surface area contributed by atoms with E-state index >= 15 is 0 Å². The minimum atomic E-state index is -1.08. The Kier molecular flexibility index (Phi) is 13.6. The molecule has 2 aromatic rings. The molecule has 0 unspecified atom stereocenters. The Morgan fingerprint density at radius 2 is 0.711 bits per heavy atom. The van der Waals surface area contributed by atoms with E-state index in [1.54, 1.807) is 0 Å². The molecule has 0 aliphatic carbocycles. The van der Waals surface area contributed by atoms with Crippen molar-refractivity contribution in [1.82, 2.24) is 0 Å². The van der Waals surface area contributed by atoms with Gasteiger partial charge in [0.25, 0.3) is 0 Å². The van der Waals surface area contributed by atoms with Gasteiger partial charge in [0.1, 0.15) is 0 Å². The van der Waals surface area contributed by atoms with E-state index < -0.39 is 11.2 Å². The molecular weight excluding hydrogens is 522 g/mol. The van der Waals surface area contributed by atoms with Gasteiger partial charge in [0.15, 0.2) is 0 Å². The largest absolute Gasteiger partial charge is 2.00 e. The summed E-state index contributed by atoms with van der Waals surface area (Å²) >= 11 is 0. The summed E-state index contributed by atoms with van der Waals surface area (Å²) in [6, 6.07) is 19.5. The summed E-state index contributed by atoms with van der Waals surface area (Å²) in [7, 11) is 0. The minimum absolute atomic E-state index is 0. The number of rotatable bonds is 2. The van der Waals surface area contributed by atoms with Gasteiger partial charge in [-0.3, -0.25) is 0 Å². The van der Waals surface area contributed by atoms with E-state index in [1.165, 1.54) is 12.8 Å². The molecule has 1 aliphatic rings. The molecular formula is C34H54O3Zn. The van der Waals surface area contributed by atoms with Crippen LogP contribution < -0.4 is 10.2 Å². The predicted octanol–water partition coefficient (Wildman–Crippen LogP) is 7.46. The first kappa shape index (κ1) is 36.9. The second kappa shape index (κ2) is 14.0. The Hall–Kier alpha value is -1.06. The summed E-state index contributed by atoms with van der Waals surface area (Å²) in [4.78, 5) is 0. The van der Waals surface area contributed by atoms with Gasteiger partial charge in [-0.1, -0.05) is 166 Å². The van der Waals surface area contributed by atoms with Crippen molar-refractivity contribution in [1.29, 1.82) is 0 Å². The van der Waals surface area contributed by atoms with Crippen LogP contribution in [0.3, 0.4) is 0 Å². The third kappa shape index (κ3) is 8.72. The molecule has 0 bridgehead atoms. The van der Waals surface area contributed by atoms with Crippen LogP contribution in [0.2, 0.25) is 0 Å². The van der Waals surface area contributed by atoms with E-state index in [0.717, 1.165) is 24.3 Å². The Bertz CT molecular complexity index is 798. The smallest absolute Gasteiger partial charge is 0.845 e. The molecule has 0 radical (unpaired) electrons. The summed E-state index contributed by atoms with van der Waals surface area (Å²) in [5.41, 5.74) is -1.65. The van der Waals surface area contributed by atoms with Crippen LogP contribution >= 0.6 is 0 Å². The zero-order valence-corrected chi connectivity index (χ0v) is 29.5. The van der Waals surface area contributed by atoms with Crippen molar-refractivity contribution in [2.45, 2.75) is 107 Å². The van der Waals surface area contributed by atoms with E-state index in [1.807, 2.05) is 144 Å². The number of hydrogen-bond acceptors (Lipinski definition) is 3. The molecule has 210 valence electrons. The van der Waals surface area contributed by atoms with Gasteiger partial charge in [-0.05, 0) is 34.5 Å². The Labute approximate surface area is 247 Å². The van der Waals surface area contributed by atoms with Gasteiger partial charge in [-0.2, -0.15) is 0 Å². The molecule has 0 amide bonds. The van der Waals surface area contributed by atoms with Crippen LogP contribution in [0.4, 0.5) is 0 Å². The van der Waals surface area contributed by atoms with Gasteiger partial charge < -0.3 is 14.9 Å². The molecule has 0 aromatic heterocycles. The van der Waals surface area contributed by atoms with Crippen molar-refractivity contribution >= 4 is 0 Å². The zero-order valence-electron chi connectivity index (χ0n) is 26.5. The van der Waals surface area contributed by atoms with Crippen LogP contribution in [0, 0.1) is 21.7 Å². The average Bonchev–Trinajstić information content (AvgIpc) is 3.37. The van der Waals surface area contributed by atoms with E-state index in [0.29, 0.717) is 0 Å². The molecule has 1 heterocycles. The summed E-state index contributed by atoms with van der Waals surface area (Å²) in [5, 5.41) is 26.7. The van der Waals surface area contributed by atoms with Gasteiger partial charge in [-0.25, -0.2) is 0 Å². The Balaban J connectivity index is 0.000000594. The van der Waals surface area contributed by atoms with Gasteiger partial charge in [0.05, 0.1) is 0 Å². The van der Waals surface area contributed by atoms with Crippen molar-refractivity contribution in [3.8, 4) is 0 Å². The van der Waals surface area contributed by atoms with E-state index in [-0.39, 0.29) is 41.1 Å². The van der Waals surface area contributed by atoms with Gasteiger partial charge in [0.2, 0.25) is 0 Å². The van der Waals surface area contributed by atoms with Gasteiger partial charge in [0, 0.05) is 13.2 Å².